The number of fused-ring (bicyclic) bond motifs is 6. The van der Waals surface area contributed by atoms with E-state index in [0.29, 0.717) is 25.7 Å². The van der Waals surface area contributed by atoms with Crippen LogP contribution in [-0.4, -0.2) is 131 Å². The first kappa shape index (κ1) is 35.4. The summed E-state index contributed by atoms with van der Waals surface area (Å²) in [5.41, 5.74) is 2.11. The molecular weight excluding hydrogens is 660 g/mol. The molecule has 0 aromatic heterocycles. The van der Waals surface area contributed by atoms with Crippen LogP contribution in [0.3, 0.4) is 0 Å². The number of aliphatic hydroxyl groups excluding tert-OH is 3. The van der Waals surface area contributed by atoms with Crippen LogP contribution in [0.5, 0.6) is 0 Å². The normalized spacial score (nSPS) is 53.2. The predicted octanol–water partition coefficient (Wildman–Crippen LogP) is 2.82. The van der Waals surface area contributed by atoms with Crippen molar-refractivity contribution in [3.63, 3.8) is 0 Å². The second-order valence-electron chi connectivity index (χ2n) is 17.2. The first-order valence-corrected chi connectivity index (χ1v) is 19.7. The zero-order valence-corrected chi connectivity index (χ0v) is 29.7. The van der Waals surface area contributed by atoms with Crippen molar-refractivity contribution in [2.75, 3.05) is 6.61 Å². The summed E-state index contributed by atoms with van der Waals surface area (Å²) in [6.45, 7) is 10.6. The topological polar surface area (TPSA) is 152 Å². The highest BCUT2D eigenvalue weighted by molar-refractivity contribution is 5.79. The van der Waals surface area contributed by atoms with Gasteiger partial charge in [0.15, 0.2) is 5.79 Å². The molecule has 0 aromatic rings. The van der Waals surface area contributed by atoms with Crippen LogP contribution in [-0.2, 0) is 42.7 Å². The van der Waals surface area contributed by atoms with Gasteiger partial charge in [0.1, 0.15) is 36.3 Å². The van der Waals surface area contributed by atoms with E-state index in [1.54, 1.807) is 0 Å². The molecule has 12 heteroatoms. The van der Waals surface area contributed by atoms with E-state index in [1.807, 2.05) is 0 Å². The number of hydrogen-bond acceptors (Lipinski definition) is 12. The number of aliphatic hydroxyl groups is 3. The second kappa shape index (κ2) is 13.8. The minimum absolute atomic E-state index is 0.00221. The smallest absolute Gasteiger partial charge is 0.172 e. The van der Waals surface area contributed by atoms with Gasteiger partial charge in [0.2, 0.25) is 0 Å². The lowest BCUT2D eigenvalue weighted by molar-refractivity contribution is -0.292. The van der Waals surface area contributed by atoms with Crippen molar-refractivity contribution in [3.8, 4) is 0 Å². The molecule has 10 rings (SSSR count). The van der Waals surface area contributed by atoms with Gasteiger partial charge in [0, 0.05) is 44.4 Å². The average Bonchev–Trinajstić information content (AvgIpc) is 3.77. The van der Waals surface area contributed by atoms with Crippen LogP contribution in [0.4, 0.5) is 0 Å². The Hall–Kier alpha value is -1.29. The van der Waals surface area contributed by atoms with Crippen molar-refractivity contribution in [1.82, 2.24) is 0 Å². The van der Waals surface area contributed by atoms with Gasteiger partial charge < -0.3 is 53.2 Å². The predicted molar refractivity (Wildman–Crippen MR) is 180 cm³/mol. The summed E-state index contributed by atoms with van der Waals surface area (Å²) in [7, 11) is 0. The van der Waals surface area contributed by atoms with Crippen LogP contribution >= 0.6 is 0 Å². The molecular formula is C39H56O12. The van der Waals surface area contributed by atoms with Gasteiger partial charge in [-0.15, -0.1) is 0 Å². The molecule has 10 aliphatic heterocycles. The van der Waals surface area contributed by atoms with Gasteiger partial charge in [-0.1, -0.05) is 20.1 Å². The minimum atomic E-state index is -1.03. The van der Waals surface area contributed by atoms with E-state index in [1.165, 1.54) is 0 Å². The second-order valence-corrected chi connectivity index (χ2v) is 17.2. The number of rotatable bonds is 3. The third kappa shape index (κ3) is 6.52. The van der Waals surface area contributed by atoms with E-state index >= 15 is 0 Å². The number of ether oxygens (including phenoxy) is 8. The zero-order chi connectivity index (χ0) is 35.2. The summed E-state index contributed by atoms with van der Waals surface area (Å²) < 4.78 is 53.3. The molecule has 0 radical (unpaired) electrons. The van der Waals surface area contributed by atoms with Crippen LogP contribution in [0.2, 0.25) is 0 Å². The van der Waals surface area contributed by atoms with Crippen molar-refractivity contribution < 1.29 is 58.0 Å². The molecule has 10 aliphatic rings. The average molecular weight is 717 g/mol. The van der Waals surface area contributed by atoms with Gasteiger partial charge in [-0.3, -0.25) is 4.79 Å². The molecule has 51 heavy (non-hydrogen) atoms. The molecule has 284 valence electrons. The van der Waals surface area contributed by atoms with E-state index in [9.17, 15) is 20.1 Å². The van der Waals surface area contributed by atoms with Crippen molar-refractivity contribution in [2.24, 2.45) is 11.8 Å². The third-order valence-electron chi connectivity index (χ3n) is 13.7. The molecule has 19 atom stereocenters. The largest absolute Gasteiger partial charge is 0.394 e. The SMILES string of the molecule is C=C1C2C[C@@H]3O[C@H](C[C@H](O)CO)[C@H](O)[C@H]3CC(=O)C[C@H]3CC[C@@H]4O[C@H]5[C@H]6O[C@]7(CCC8CC(=C)[C@H](CCC(C[C@H]1C)O2)O8)C[C@@H]6O[C@H]5[C@@H](O7)C4O3. The molecule has 1 spiro atoms. The molecule has 10 heterocycles. The lowest BCUT2D eigenvalue weighted by Gasteiger charge is -2.47. The fourth-order valence-corrected chi connectivity index (χ4v) is 11.0. The maximum absolute atomic E-state index is 13.9. The van der Waals surface area contributed by atoms with Gasteiger partial charge >= 0.3 is 0 Å². The number of Topliss-reactive ketones (excluding diaryl/α,β-unsaturated/α-hetero) is 1. The van der Waals surface area contributed by atoms with Crippen LogP contribution in [0.1, 0.15) is 90.4 Å². The Kier molecular flexibility index (Phi) is 9.57. The highest BCUT2D eigenvalue weighted by Crippen LogP contribution is 2.54. The molecule has 12 nitrogen and oxygen atoms in total. The number of carbonyl (C=O) groups is 1. The summed E-state index contributed by atoms with van der Waals surface area (Å²) in [5.74, 6) is -1.08. The van der Waals surface area contributed by atoms with Crippen molar-refractivity contribution in [1.29, 1.82) is 0 Å². The summed E-state index contributed by atoms with van der Waals surface area (Å²) in [6, 6.07) is 0. The molecule has 10 saturated heterocycles. The van der Waals surface area contributed by atoms with E-state index < -0.39 is 42.7 Å². The van der Waals surface area contributed by atoms with Crippen LogP contribution < -0.4 is 0 Å². The van der Waals surface area contributed by atoms with E-state index in [-0.39, 0.29) is 104 Å². The van der Waals surface area contributed by atoms with E-state index in [0.717, 1.165) is 49.7 Å². The van der Waals surface area contributed by atoms with E-state index in [4.69, 9.17) is 37.9 Å². The van der Waals surface area contributed by atoms with Crippen molar-refractivity contribution >= 4 is 5.78 Å². The summed E-state index contributed by atoms with van der Waals surface area (Å²) in [6.07, 6.45) is 2.15. The standard InChI is InChI=1S/C39H56O12/c1-18-10-23-4-6-27-19(2)11-25(44-27)8-9-39-16-32-35(50-39)36-37(49-32)38(51-39)34-28(48-36)7-5-24(46-34)12-21(41)13-26-30(15-29(45-23)20(18)3)47-31(33(26)43)14-22(42)17-40/h18,22-38,40,42-43H,2-17H2,1H3/t18-,22+,23?,24-,25?,26+,27+,28+,29?,30+,31-,32+,33-,34?,35+,36+,37-,38+,39+/m1/s1. The molecule has 0 amide bonds. The molecule has 3 N–H and O–H groups in total. The Morgan fingerprint density at radius 2 is 1.51 bits per heavy atom. The van der Waals surface area contributed by atoms with Crippen LogP contribution in [0.15, 0.2) is 24.3 Å². The van der Waals surface area contributed by atoms with E-state index in [2.05, 4.69) is 20.1 Å². The van der Waals surface area contributed by atoms with Gasteiger partial charge in [0.05, 0.1) is 73.8 Å². The Morgan fingerprint density at radius 3 is 2.35 bits per heavy atom. The van der Waals surface area contributed by atoms with Gasteiger partial charge in [-0.25, -0.2) is 0 Å². The first-order chi connectivity index (χ1) is 24.6. The highest BCUT2D eigenvalue weighted by atomic mass is 16.8. The fraction of sp³-hybridized carbons (Fsp3) is 0.872. The van der Waals surface area contributed by atoms with Crippen molar-refractivity contribution in [2.45, 2.75) is 194 Å². The number of carbonyl (C=O) groups excluding carboxylic acids is 1. The molecule has 0 aromatic carbocycles. The van der Waals surface area contributed by atoms with Crippen LogP contribution in [0.25, 0.3) is 0 Å². The Bertz CT molecular complexity index is 1360. The van der Waals surface area contributed by atoms with Gasteiger partial charge in [-0.2, -0.15) is 0 Å². The Labute approximate surface area is 300 Å². The first-order valence-electron chi connectivity index (χ1n) is 19.7. The Balaban J connectivity index is 0.986. The molecule has 12 bridgehead atoms. The number of ketones is 1. The van der Waals surface area contributed by atoms with Crippen molar-refractivity contribution in [3.05, 3.63) is 24.3 Å². The monoisotopic (exact) mass is 716 g/mol. The molecule has 4 unspecified atom stereocenters. The lowest BCUT2D eigenvalue weighted by Crippen LogP contribution is -2.61. The molecule has 0 saturated carbocycles. The lowest BCUT2D eigenvalue weighted by atomic mass is 9.81. The maximum atomic E-state index is 13.9. The number of hydrogen-bond donors (Lipinski definition) is 3. The molecule has 10 fully saturated rings. The maximum Gasteiger partial charge on any atom is 0.172 e. The molecule has 0 aliphatic carbocycles. The summed E-state index contributed by atoms with van der Waals surface area (Å²) in [5, 5.41) is 31.3. The minimum Gasteiger partial charge on any atom is -0.394 e. The zero-order valence-electron chi connectivity index (χ0n) is 29.7. The summed E-state index contributed by atoms with van der Waals surface area (Å²) >= 11 is 0. The summed E-state index contributed by atoms with van der Waals surface area (Å²) in [4.78, 5) is 13.9. The van der Waals surface area contributed by atoms with Crippen LogP contribution in [0, 0.1) is 11.8 Å². The highest BCUT2D eigenvalue weighted by Gasteiger charge is 2.68. The van der Waals surface area contributed by atoms with Gasteiger partial charge in [-0.05, 0) is 62.0 Å². The third-order valence-corrected chi connectivity index (χ3v) is 13.7. The van der Waals surface area contributed by atoms with Gasteiger partial charge in [0.25, 0.3) is 0 Å². The quantitative estimate of drug-likeness (QED) is 0.369. The fourth-order valence-electron chi connectivity index (χ4n) is 11.0. The Morgan fingerprint density at radius 1 is 0.765 bits per heavy atom.